The molecule has 1 aromatic carbocycles. The topological polar surface area (TPSA) is 56.1 Å². The van der Waals surface area contributed by atoms with Crippen LogP contribution in [0.25, 0.3) is 22.1 Å². The molecule has 0 N–H and O–H groups in total. The zero-order chi connectivity index (χ0) is 12.8. The molecular weight excluding hydrogens is 260 g/mol. The number of nitrogens with zero attached hydrogens (tertiary/aromatic N) is 4. The standard InChI is InChI=1S/C13H12N4OS/c1-17-10-5-3-2-4-9(10)11-12(17)14-13(16-15-11)19-7-8-6-18-8/h2-5,8H,6-7H2,1H3. The molecule has 6 heteroatoms. The average Bonchev–Trinajstić information content (AvgIpc) is 3.24. The van der Waals surface area contributed by atoms with Crippen molar-refractivity contribution in [3.05, 3.63) is 24.3 Å². The van der Waals surface area contributed by atoms with E-state index in [4.69, 9.17) is 4.74 Å². The van der Waals surface area contributed by atoms with E-state index in [0.29, 0.717) is 11.3 Å². The summed E-state index contributed by atoms with van der Waals surface area (Å²) in [4.78, 5) is 4.61. The molecule has 0 aliphatic carbocycles. The highest BCUT2D eigenvalue weighted by Crippen LogP contribution is 2.26. The molecule has 19 heavy (non-hydrogen) atoms. The summed E-state index contributed by atoms with van der Waals surface area (Å²) in [5, 5.41) is 10.4. The van der Waals surface area contributed by atoms with Crippen LogP contribution in [-0.4, -0.2) is 38.2 Å². The van der Waals surface area contributed by atoms with E-state index in [-0.39, 0.29) is 0 Å². The van der Waals surface area contributed by atoms with E-state index in [1.807, 2.05) is 19.2 Å². The number of para-hydroxylation sites is 1. The molecular formula is C13H12N4OS. The Balaban J connectivity index is 1.83. The third kappa shape index (κ3) is 1.87. The Labute approximate surface area is 114 Å². The predicted molar refractivity (Wildman–Crippen MR) is 74.3 cm³/mol. The van der Waals surface area contributed by atoms with E-state index in [1.165, 1.54) is 0 Å². The summed E-state index contributed by atoms with van der Waals surface area (Å²) in [5.74, 6) is 0.900. The molecule has 0 spiro atoms. The van der Waals surface area contributed by atoms with Gasteiger partial charge < -0.3 is 9.30 Å². The fourth-order valence-electron chi connectivity index (χ4n) is 2.18. The zero-order valence-electron chi connectivity index (χ0n) is 10.4. The molecule has 1 unspecified atom stereocenters. The maximum Gasteiger partial charge on any atom is 0.211 e. The second-order valence-corrected chi connectivity index (χ2v) is 5.60. The van der Waals surface area contributed by atoms with Crippen LogP contribution in [0.1, 0.15) is 0 Å². The van der Waals surface area contributed by atoms with Crippen LogP contribution in [0, 0.1) is 0 Å². The predicted octanol–water partition coefficient (Wildman–Crippen LogP) is 2.01. The molecule has 96 valence electrons. The van der Waals surface area contributed by atoms with Gasteiger partial charge in [-0.2, -0.15) is 0 Å². The van der Waals surface area contributed by atoms with Gasteiger partial charge in [0.05, 0.1) is 18.2 Å². The second kappa shape index (κ2) is 4.18. The largest absolute Gasteiger partial charge is 0.372 e. The van der Waals surface area contributed by atoms with Crippen LogP contribution >= 0.6 is 11.8 Å². The Morgan fingerprint density at radius 3 is 3.05 bits per heavy atom. The van der Waals surface area contributed by atoms with Crippen molar-refractivity contribution in [1.82, 2.24) is 19.7 Å². The first kappa shape index (κ1) is 11.2. The van der Waals surface area contributed by atoms with Gasteiger partial charge in [0, 0.05) is 18.2 Å². The summed E-state index contributed by atoms with van der Waals surface area (Å²) < 4.78 is 7.25. The quantitative estimate of drug-likeness (QED) is 0.539. The molecule has 5 nitrogen and oxygen atoms in total. The SMILES string of the molecule is Cn1c2ccccc2c2nnc(SCC3CO3)nc21. The summed E-state index contributed by atoms with van der Waals surface area (Å²) in [6, 6.07) is 8.16. The number of benzene rings is 1. The van der Waals surface area contributed by atoms with Crippen LogP contribution in [-0.2, 0) is 11.8 Å². The van der Waals surface area contributed by atoms with Crippen molar-refractivity contribution in [2.75, 3.05) is 12.4 Å². The molecule has 4 rings (SSSR count). The summed E-state index contributed by atoms with van der Waals surface area (Å²) in [6.07, 6.45) is 0.372. The molecule has 1 aliphatic rings. The Morgan fingerprint density at radius 1 is 1.37 bits per heavy atom. The van der Waals surface area contributed by atoms with Crippen LogP contribution in [0.15, 0.2) is 29.4 Å². The van der Waals surface area contributed by atoms with Gasteiger partial charge >= 0.3 is 0 Å². The van der Waals surface area contributed by atoms with Gasteiger partial charge in [0.15, 0.2) is 5.65 Å². The highest BCUT2D eigenvalue weighted by molar-refractivity contribution is 7.99. The van der Waals surface area contributed by atoms with E-state index < -0.39 is 0 Å². The van der Waals surface area contributed by atoms with Gasteiger partial charge in [-0.05, 0) is 6.07 Å². The number of aromatic nitrogens is 4. The van der Waals surface area contributed by atoms with Crippen molar-refractivity contribution in [2.45, 2.75) is 11.3 Å². The first-order valence-corrected chi connectivity index (χ1v) is 7.14. The molecule has 1 atom stereocenters. The van der Waals surface area contributed by atoms with Crippen LogP contribution < -0.4 is 0 Å². The zero-order valence-corrected chi connectivity index (χ0v) is 11.2. The summed E-state index contributed by atoms with van der Waals surface area (Å²) in [5.41, 5.74) is 2.88. The molecule has 1 saturated heterocycles. The minimum Gasteiger partial charge on any atom is -0.372 e. The lowest BCUT2D eigenvalue weighted by molar-refractivity contribution is 0.426. The lowest BCUT2D eigenvalue weighted by Gasteiger charge is -1.98. The Kier molecular flexibility index (Phi) is 2.46. The molecule has 1 aliphatic heterocycles. The number of hydrogen-bond acceptors (Lipinski definition) is 5. The molecule has 2 aromatic heterocycles. The number of ether oxygens (including phenoxy) is 1. The van der Waals surface area contributed by atoms with Crippen molar-refractivity contribution >= 4 is 33.8 Å². The van der Waals surface area contributed by atoms with Crippen molar-refractivity contribution in [3.63, 3.8) is 0 Å². The fourth-order valence-corrected chi connectivity index (χ4v) is 2.96. The first-order valence-electron chi connectivity index (χ1n) is 6.15. The van der Waals surface area contributed by atoms with Gasteiger partial charge in [0.2, 0.25) is 5.16 Å². The Hall–Kier alpha value is -1.66. The Morgan fingerprint density at radius 2 is 2.21 bits per heavy atom. The highest BCUT2D eigenvalue weighted by atomic mass is 32.2. The third-order valence-electron chi connectivity index (χ3n) is 3.29. The van der Waals surface area contributed by atoms with Gasteiger partial charge in [-0.1, -0.05) is 30.0 Å². The van der Waals surface area contributed by atoms with Crippen LogP contribution in [0.2, 0.25) is 0 Å². The van der Waals surface area contributed by atoms with Crippen LogP contribution in [0.3, 0.4) is 0 Å². The van der Waals surface area contributed by atoms with Crippen molar-refractivity contribution in [1.29, 1.82) is 0 Å². The summed E-state index contributed by atoms with van der Waals surface area (Å²) in [6.45, 7) is 0.858. The third-order valence-corrected chi connectivity index (χ3v) is 4.26. The van der Waals surface area contributed by atoms with Gasteiger partial charge in [0.25, 0.3) is 0 Å². The monoisotopic (exact) mass is 272 g/mol. The molecule has 0 bridgehead atoms. The van der Waals surface area contributed by atoms with Gasteiger partial charge in [-0.25, -0.2) is 4.98 Å². The molecule has 3 heterocycles. The van der Waals surface area contributed by atoms with Crippen LogP contribution in [0.5, 0.6) is 0 Å². The van der Waals surface area contributed by atoms with Gasteiger partial charge in [-0.3, -0.25) is 0 Å². The maximum atomic E-state index is 5.19. The van der Waals surface area contributed by atoms with E-state index in [1.54, 1.807) is 11.8 Å². The summed E-state index contributed by atoms with van der Waals surface area (Å²) >= 11 is 1.60. The van der Waals surface area contributed by atoms with E-state index >= 15 is 0 Å². The summed E-state index contributed by atoms with van der Waals surface area (Å²) in [7, 11) is 2.01. The van der Waals surface area contributed by atoms with E-state index in [9.17, 15) is 0 Å². The lowest BCUT2D eigenvalue weighted by atomic mass is 10.2. The number of fused-ring (bicyclic) bond motifs is 3. The molecule has 0 amide bonds. The molecule has 3 aromatic rings. The van der Waals surface area contributed by atoms with Crippen molar-refractivity contribution in [2.24, 2.45) is 7.05 Å². The van der Waals surface area contributed by atoms with E-state index in [2.05, 4.69) is 31.9 Å². The molecule has 0 radical (unpaired) electrons. The maximum absolute atomic E-state index is 5.19. The minimum absolute atomic E-state index is 0.372. The molecule has 1 fully saturated rings. The van der Waals surface area contributed by atoms with Crippen molar-refractivity contribution in [3.8, 4) is 0 Å². The smallest absolute Gasteiger partial charge is 0.211 e. The van der Waals surface area contributed by atoms with Gasteiger partial charge in [0.1, 0.15) is 5.52 Å². The second-order valence-electron chi connectivity index (χ2n) is 4.61. The van der Waals surface area contributed by atoms with Crippen LogP contribution in [0.4, 0.5) is 0 Å². The number of epoxide rings is 1. The fraction of sp³-hybridized carbons (Fsp3) is 0.308. The van der Waals surface area contributed by atoms with E-state index in [0.717, 1.165) is 34.4 Å². The number of rotatable bonds is 3. The number of aryl methyl sites for hydroxylation is 1. The van der Waals surface area contributed by atoms with Crippen molar-refractivity contribution < 1.29 is 4.74 Å². The highest BCUT2D eigenvalue weighted by Gasteiger charge is 2.23. The first-order chi connectivity index (χ1) is 9.33. The normalized spacial score (nSPS) is 18.3. The van der Waals surface area contributed by atoms with Gasteiger partial charge in [-0.15, -0.1) is 10.2 Å². The lowest BCUT2D eigenvalue weighted by Crippen LogP contribution is -1.97. The Bertz CT molecular complexity index is 766. The average molecular weight is 272 g/mol. The molecule has 0 saturated carbocycles. The number of hydrogen-bond donors (Lipinski definition) is 0. The minimum atomic E-state index is 0.372. The number of thioether (sulfide) groups is 1.